The van der Waals surface area contributed by atoms with Gasteiger partial charge in [-0.2, -0.15) is 0 Å². The van der Waals surface area contributed by atoms with E-state index in [-0.39, 0.29) is 5.56 Å². The number of carbonyl (C=O) groups is 3. The van der Waals surface area contributed by atoms with Crippen molar-refractivity contribution >= 4 is 17.9 Å². The fraction of sp³-hybridized carbons (Fsp3) is 0.318. The Balaban J connectivity index is 2.24. The minimum Gasteiger partial charge on any atom is -0.493 e. The van der Waals surface area contributed by atoms with E-state index in [0.717, 1.165) is 0 Å². The van der Waals surface area contributed by atoms with Crippen LogP contribution in [-0.2, 0) is 9.53 Å². The van der Waals surface area contributed by atoms with E-state index in [1.165, 1.54) is 26.3 Å². The molecule has 0 spiro atoms. The van der Waals surface area contributed by atoms with E-state index in [1.54, 1.807) is 36.4 Å². The summed E-state index contributed by atoms with van der Waals surface area (Å²) in [5.74, 6) is -0.317. The van der Waals surface area contributed by atoms with Crippen LogP contribution >= 0.6 is 0 Å². The maximum Gasteiger partial charge on any atom is 0.339 e. The van der Waals surface area contributed by atoms with Gasteiger partial charge in [-0.05, 0) is 24.1 Å². The number of hydrogen-bond donors (Lipinski definition) is 2. The Morgan fingerprint density at radius 3 is 2.30 bits per heavy atom. The third kappa shape index (κ3) is 6.23. The average Bonchev–Trinajstić information content (AvgIpc) is 2.75. The van der Waals surface area contributed by atoms with E-state index in [2.05, 4.69) is 10.6 Å². The van der Waals surface area contributed by atoms with Gasteiger partial charge in [0.2, 0.25) is 6.10 Å². The Labute approximate surface area is 175 Å². The van der Waals surface area contributed by atoms with Crippen LogP contribution in [0.25, 0.3) is 0 Å². The van der Waals surface area contributed by atoms with Crippen molar-refractivity contribution in [1.29, 1.82) is 0 Å². The first-order chi connectivity index (χ1) is 14.3. The zero-order valence-corrected chi connectivity index (χ0v) is 17.4. The summed E-state index contributed by atoms with van der Waals surface area (Å²) in [5.41, 5.74) is 0.605. The van der Waals surface area contributed by atoms with Crippen LogP contribution in [0.5, 0.6) is 11.5 Å². The van der Waals surface area contributed by atoms with Crippen molar-refractivity contribution in [3.63, 3.8) is 0 Å². The molecule has 0 bridgehead atoms. The molecule has 2 N–H and O–H groups in total. The van der Waals surface area contributed by atoms with Crippen LogP contribution in [0.4, 0.5) is 4.79 Å². The number of urea groups is 1. The van der Waals surface area contributed by atoms with Crippen LogP contribution in [0.15, 0.2) is 48.5 Å². The molecular weight excluding hydrogens is 388 g/mol. The summed E-state index contributed by atoms with van der Waals surface area (Å²) in [4.78, 5) is 36.8. The molecule has 0 saturated heterocycles. The third-order valence-electron chi connectivity index (χ3n) is 4.00. The zero-order chi connectivity index (χ0) is 22.1. The highest BCUT2D eigenvalue weighted by Gasteiger charge is 2.27. The van der Waals surface area contributed by atoms with Gasteiger partial charge < -0.3 is 19.5 Å². The smallest absolute Gasteiger partial charge is 0.339 e. The van der Waals surface area contributed by atoms with Crippen molar-refractivity contribution in [3.8, 4) is 11.5 Å². The number of amides is 3. The summed E-state index contributed by atoms with van der Waals surface area (Å²) in [6.45, 7) is 4.54. The molecule has 0 heterocycles. The number of nitrogens with one attached hydrogen (secondary N) is 2. The summed E-state index contributed by atoms with van der Waals surface area (Å²) in [6, 6.07) is 12.3. The highest BCUT2D eigenvalue weighted by Crippen LogP contribution is 2.29. The van der Waals surface area contributed by atoms with Crippen molar-refractivity contribution < 1.29 is 28.6 Å². The Kier molecular flexibility index (Phi) is 8.22. The number of hydrogen-bond acceptors (Lipinski definition) is 6. The minimum absolute atomic E-state index is 0.178. The van der Waals surface area contributed by atoms with Crippen molar-refractivity contribution in [3.05, 3.63) is 59.7 Å². The summed E-state index contributed by atoms with van der Waals surface area (Å²) in [6.07, 6.45) is -1.31. The molecule has 0 aromatic heterocycles. The summed E-state index contributed by atoms with van der Waals surface area (Å²) in [5, 5.41) is 4.42. The van der Waals surface area contributed by atoms with Gasteiger partial charge in [-0.15, -0.1) is 0 Å². The fourth-order valence-electron chi connectivity index (χ4n) is 2.49. The van der Waals surface area contributed by atoms with Gasteiger partial charge in [-0.1, -0.05) is 44.2 Å². The summed E-state index contributed by atoms with van der Waals surface area (Å²) >= 11 is 0. The molecule has 2 aromatic rings. The van der Waals surface area contributed by atoms with Crippen LogP contribution in [0.3, 0.4) is 0 Å². The van der Waals surface area contributed by atoms with E-state index in [9.17, 15) is 14.4 Å². The number of methoxy groups -OCH3 is 1. The lowest BCUT2D eigenvalue weighted by Gasteiger charge is -2.18. The summed E-state index contributed by atoms with van der Waals surface area (Å²) in [7, 11) is 2.84. The van der Waals surface area contributed by atoms with Crippen molar-refractivity contribution in [2.24, 2.45) is 5.92 Å². The Hall–Kier alpha value is -3.55. The van der Waals surface area contributed by atoms with Gasteiger partial charge >= 0.3 is 12.0 Å². The molecule has 160 valence electrons. The molecule has 8 heteroatoms. The number of imide groups is 1. The van der Waals surface area contributed by atoms with Crippen LogP contribution < -0.4 is 20.1 Å². The van der Waals surface area contributed by atoms with E-state index in [1.807, 2.05) is 13.8 Å². The molecule has 1 unspecified atom stereocenters. The lowest BCUT2D eigenvalue weighted by molar-refractivity contribution is -0.129. The lowest BCUT2D eigenvalue weighted by atomic mass is 10.1. The molecule has 0 fully saturated rings. The van der Waals surface area contributed by atoms with E-state index < -0.39 is 24.0 Å². The second-order valence-corrected chi connectivity index (χ2v) is 6.83. The quantitative estimate of drug-likeness (QED) is 0.644. The third-order valence-corrected chi connectivity index (χ3v) is 4.00. The maximum atomic E-state index is 12.7. The zero-order valence-electron chi connectivity index (χ0n) is 17.4. The average molecular weight is 414 g/mol. The van der Waals surface area contributed by atoms with Crippen LogP contribution in [-0.4, -0.2) is 38.7 Å². The van der Waals surface area contributed by atoms with E-state index in [0.29, 0.717) is 29.6 Å². The van der Waals surface area contributed by atoms with Gasteiger partial charge in [-0.25, -0.2) is 9.59 Å². The van der Waals surface area contributed by atoms with Crippen molar-refractivity contribution in [2.75, 3.05) is 20.8 Å². The van der Waals surface area contributed by atoms with Gasteiger partial charge in [0.1, 0.15) is 0 Å². The topological polar surface area (TPSA) is 103 Å². The fourth-order valence-corrected chi connectivity index (χ4v) is 2.49. The Morgan fingerprint density at radius 1 is 1.00 bits per heavy atom. The molecule has 8 nitrogen and oxygen atoms in total. The Bertz CT molecular complexity index is 882. The SMILES string of the molecule is CNC(=O)NC(=O)C(OC(=O)c1ccc(OCC(C)C)c(OC)c1)c1ccccc1. The molecule has 0 saturated carbocycles. The molecule has 0 aliphatic heterocycles. The summed E-state index contributed by atoms with van der Waals surface area (Å²) < 4.78 is 16.4. The standard InChI is InChI=1S/C22H26N2O6/c1-14(2)13-29-17-11-10-16(12-18(17)28-4)21(26)30-19(15-8-6-5-7-9-15)20(25)24-22(27)23-3/h5-12,14,19H,13H2,1-4H3,(H2,23,24,25,27). The molecular formula is C22H26N2O6. The van der Waals surface area contributed by atoms with E-state index >= 15 is 0 Å². The monoisotopic (exact) mass is 414 g/mol. The highest BCUT2D eigenvalue weighted by atomic mass is 16.5. The van der Waals surface area contributed by atoms with Crippen LogP contribution in [0, 0.1) is 5.92 Å². The first kappa shape index (κ1) is 22.7. The second-order valence-electron chi connectivity index (χ2n) is 6.83. The first-order valence-electron chi connectivity index (χ1n) is 9.45. The normalized spacial score (nSPS) is 11.4. The van der Waals surface area contributed by atoms with Crippen molar-refractivity contribution in [2.45, 2.75) is 20.0 Å². The molecule has 0 aliphatic carbocycles. The van der Waals surface area contributed by atoms with Gasteiger partial charge in [0.05, 0.1) is 19.3 Å². The molecule has 3 amide bonds. The molecule has 0 aliphatic rings. The van der Waals surface area contributed by atoms with Gasteiger partial charge in [0, 0.05) is 12.6 Å². The number of carbonyl (C=O) groups excluding carboxylic acids is 3. The van der Waals surface area contributed by atoms with Gasteiger partial charge in [0.25, 0.3) is 5.91 Å². The highest BCUT2D eigenvalue weighted by molar-refractivity contribution is 5.99. The van der Waals surface area contributed by atoms with Crippen LogP contribution in [0.2, 0.25) is 0 Å². The van der Waals surface area contributed by atoms with Gasteiger partial charge in [-0.3, -0.25) is 10.1 Å². The second kappa shape index (κ2) is 10.8. The molecule has 30 heavy (non-hydrogen) atoms. The first-order valence-corrected chi connectivity index (χ1v) is 9.45. The molecule has 1 atom stereocenters. The number of esters is 1. The van der Waals surface area contributed by atoms with E-state index in [4.69, 9.17) is 14.2 Å². The minimum atomic E-state index is -1.31. The molecule has 0 radical (unpaired) electrons. The van der Waals surface area contributed by atoms with Crippen LogP contribution in [0.1, 0.15) is 35.9 Å². The lowest BCUT2D eigenvalue weighted by Crippen LogP contribution is -2.41. The Morgan fingerprint density at radius 2 is 1.70 bits per heavy atom. The van der Waals surface area contributed by atoms with Crippen molar-refractivity contribution in [1.82, 2.24) is 10.6 Å². The predicted octanol–water partition coefficient (Wildman–Crippen LogP) is 3.08. The number of benzene rings is 2. The number of rotatable bonds is 8. The largest absolute Gasteiger partial charge is 0.493 e. The molecule has 2 aromatic carbocycles. The number of ether oxygens (including phenoxy) is 3. The maximum absolute atomic E-state index is 12.7. The molecule has 2 rings (SSSR count). The predicted molar refractivity (Wildman–Crippen MR) is 111 cm³/mol. The van der Waals surface area contributed by atoms with Gasteiger partial charge in [0.15, 0.2) is 11.5 Å².